The summed E-state index contributed by atoms with van der Waals surface area (Å²) in [4.78, 5) is 14.9. The first kappa shape index (κ1) is 9.32. The second-order valence-electron chi connectivity index (χ2n) is 3.43. The Labute approximate surface area is 73.5 Å². The molecule has 0 unspecified atom stereocenters. The van der Waals surface area contributed by atoms with Crippen molar-refractivity contribution in [3.05, 3.63) is 0 Å². The Morgan fingerprint density at radius 1 is 1.42 bits per heavy atom. The molecule has 0 aromatic carbocycles. The van der Waals surface area contributed by atoms with Crippen LogP contribution in [0.3, 0.4) is 0 Å². The number of likely N-dealkylation sites (N-methyl/N-ethyl adjacent to an activating group) is 1. The van der Waals surface area contributed by atoms with E-state index in [9.17, 15) is 4.79 Å². The number of carbonyl (C=O) groups excluding carboxylic acids is 1. The van der Waals surface area contributed by atoms with Gasteiger partial charge in [-0.15, -0.1) is 0 Å². The summed E-state index contributed by atoms with van der Waals surface area (Å²) in [7, 11) is 5.42. The zero-order valence-corrected chi connectivity index (χ0v) is 8.00. The molecule has 12 heavy (non-hydrogen) atoms. The van der Waals surface area contributed by atoms with Crippen LogP contribution in [0.1, 0.15) is 6.42 Å². The molecule has 0 bridgehead atoms. The van der Waals surface area contributed by atoms with Crippen LogP contribution in [0.25, 0.3) is 0 Å². The molecule has 0 aromatic rings. The van der Waals surface area contributed by atoms with Crippen LogP contribution in [0.2, 0.25) is 0 Å². The highest BCUT2D eigenvalue weighted by Crippen LogP contribution is 2.07. The van der Waals surface area contributed by atoms with Crippen molar-refractivity contribution >= 4 is 6.03 Å². The monoisotopic (exact) mass is 171 g/mol. The number of rotatable bonds is 1. The molecule has 1 aliphatic rings. The van der Waals surface area contributed by atoms with Crippen LogP contribution >= 0.6 is 0 Å². The second-order valence-corrected chi connectivity index (χ2v) is 3.43. The minimum Gasteiger partial charge on any atom is -0.331 e. The van der Waals surface area contributed by atoms with E-state index in [0.29, 0.717) is 6.04 Å². The van der Waals surface area contributed by atoms with Crippen LogP contribution < -0.4 is 5.32 Å². The van der Waals surface area contributed by atoms with Gasteiger partial charge in [-0.25, -0.2) is 4.79 Å². The number of hydrogen-bond donors (Lipinski definition) is 1. The fourth-order valence-corrected chi connectivity index (χ4v) is 1.44. The number of nitrogens with one attached hydrogen (secondary N) is 1. The summed E-state index contributed by atoms with van der Waals surface area (Å²) in [6, 6.07) is 0.462. The quantitative estimate of drug-likeness (QED) is 0.601. The summed E-state index contributed by atoms with van der Waals surface area (Å²) in [6.45, 7) is 1.95. The van der Waals surface area contributed by atoms with Crippen LogP contribution in [0.4, 0.5) is 4.79 Å². The molecule has 70 valence electrons. The lowest BCUT2D eigenvalue weighted by Gasteiger charge is -2.26. The number of nitrogens with zero attached hydrogens (tertiary/aromatic N) is 2. The highest BCUT2D eigenvalue weighted by Gasteiger charge is 2.23. The van der Waals surface area contributed by atoms with Crippen LogP contribution in [-0.4, -0.2) is 56.1 Å². The van der Waals surface area contributed by atoms with Gasteiger partial charge in [0.2, 0.25) is 0 Å². The molecule has 1 fully saturated rings. The summed E-state index contributed by atoms with van der Waals surface area (Å²) < 4.78 is 0. The minimum absolute atomic E-state index is 0.0868. The first-order valence-corrected chi connectivity index (χ1v) is 4.27. The molecular formula is C8H17N3O. The summed E-state index contributed by atoms with van der Waals surface area (Å²) in [5.41, 5.74) is 0. The van der Waals surface area contributed by atoms with Gasteiger partial charge in [0, 0.05) is 33.7 Å². The Kier molecular flexibility index (Phi) is 2.92. The lowest BCUT2D eigenvalue weighted by molar-refractivity contribution is 0.167. The Bertz CT molecular complexity index is 164. The zero-order valence-electron chi connectivity index (χ0n) is 8.00. The van der Waals surface area contributed by atoms with Gasteiger partial charge in [0.1, 0.15) is 0 Å². The van der Waals surface area contributed by atoms with E-state index < -0.39 is 0 Å². The number of urea groups is 1. The molecule has 1 aliphatic heterocycles. The third kappa shape index (κ3) is 1.88. The molecule has 0 spiro atoms. The highest BCUT2D eigenvalue weighted by molar-refractivity contribution is 5.73. The van der Waals surface area contributed by atoms with E-state index in [-0.39, 0.29) is 6.03 Å². The van der Waals surface area contributed by atoms with E-state index in [4.69, 9.17) is 0 Å². The third-order valence-electron chi connectivity index (χ3n) is 2.27. The van der Waals surface area contributed by atoms with Gasteiger partial charge in [-0.1, -0.05) is 0 Å². The average Bonchev–Trinajstić information content (AvgIpc) is 2.53. The smallest absolute Gasteiger partial charge is 0.319 e. The van der Waals surface area contributed by atoms with Crippen molar-refractivity contribution in [2.45, 2.75) is 12.5 Å². The fraction of sp³-hybridized carbons (Fsp3) is 0.875. The molecule has 1 N–H and O–H groups in total. The Balaban J connectivity index is 2.45. The van der Waals surface area contributed by atoms with E-state index in [1.165, 1.54) is 0 Å². The molecule has 0 saturated carbocycles. The Morgan fingerprint density at radius 3 is 2.50 bits per heavy atom. The van der Waals surface area contributed by atoms with Crippen LogP contribution in [0.5, 0.6) is 0 Å². The predicted octanol–water partition coefficient (Wildman–Crippen LogP) is -0.0383. The summed E-state index contributed by atoms with van der Waals surface area (Å²) >= 11 is 0. The minimum atomic E-state index is 0.0868. The summed E-state index contributed by atoms with van der Waals surface area (Å²) in [6.07, 6.45) is 1.07. The maximum Gasteiger partial charge on any atom is 0.319 e. The topological polar surface area (TPSA) is 35.6 Å². The van der Waals surface area contributed by atoms with E-state index in [0.717, 1.165) is 19.5 Å². The van der Waals surface area contributed by atoms with E-state index >= 15 is 0 Å². The first-order chi connectivity index (χ1) is 5.63. The van der Waals surface area contributed by atoms with Gasteiger partial charge in [-0.2, -0.15) is 0 Å². The number of amides is 2. The third-order valence-corrected chi connectivity index (χ3v) is 2.27. The molecule has 4 nitrogen and oxygen atoms in total. The molecule has 4 heteroatoms. The van der Waals surface area contributed by atoms with E-state index in [1.807, 2.05) is 7.05 Å². The van der Waals surface area contributed by atoms with Gasteiger partial charge in [-0.3, -0.25) is 0 Å². The summed E-state index contributed by atoms with van der Waals surface area (Å²) in [5.74, 6) is 0. The predicted molar refractivity (Wildman–Crippen MR) is 48.1 cm³/mol. The normalized spacial score (nSPS) is 22.4. The van der Waals surface area contributed by atoms with Crippen LogP contribution in [0, 0.1) is 0 Å². The maximum atomic E-state index is 11.5. The standard InChI is InChI=1S/C8H17N3O/c1-10(2)8(12)11(3)7-4-5-9-6-7/h7,9H,4-6H2,1-3H3/t7-/m0/s1. The highest BCUT2D eigenvalue weighted by atomic mass is 16.2. The van der Waals surface area contributed by atoms with Crippen LogP contribution in [-0.2, 0) is 0 Å². The first-order valence-electron chi connectivity index (χ1n) is 4.27. The molecular weight excluding hydrogens is 154 g/mol. The molecule has 2 amide bonds. The van der Waals surface area contributed by atoms with Crippen LogP contribution in [0.15, 0.2) is 0 Å². The fourth-order valence-electron chi connectivity index (χ4n) is 1.44. The van der Waals surface area contributed by atoms with Crippen molar-refractivity contribution in [2.24, 2.45) is 0 Å². The molecule has 1 heterocycles. The van der Waals surface area contributed by atoms with Gasteiger partial charge in [0.15, 0.2) is 0 Å². The van der Waals surface area contributed by atoms with Crippen molar-refractivity contribution in [2.75, 3.05) is 34.2 Å². The van der Waals surface area contributed by atoms with E-state index in [2.05, 4.69) is 5.32 Å². The van der Waals surface area contributed by atoms with Crippen molar-refractivity contribution in [1.82, 2.24) is 15.1 Å². The molecule has 1 saturated heterocycles. The Hall–Kier alpha value is -0.770. The van der Waals surface area contributed by atoms with Gasteiger partial charge >= 0.3 is 6.03 Å². The second kappa shape index (κ2) is 3.76. The van der Waals surface area contributed by atoms with Gasteiger partial charge in [0.25, 0.3) is 0 Å². The molecule has 1 atom stereocenters. The van der Waals surface area contributed by atoms with Gasteiger partial charge < -0.3 is 15.1 Å². The average molecular weight is 171 g/mol. The number of carbonyl (C=O) groups is 1. The number of hydrogen-bond acceptors (Lipinski definition) is 2. The SMILES string of the molecule is CN(C)C(=O)N(C)[C@H]1CCNC1. The lowest BCUT2D eigenvalue weighted by Crippen LogP contribution is -2.43. The zero-order chi connectivity index (χ0) is 9.14. The summed E-state index contributed by atoms with van der Waals surface area (Å²) in [5, 5.41) is 3.23. The van der Waals surface area contributed by atoms with Gasteiger partial charge in [-0.05, 0) is 13.0 Å². The molecule has 0 aromatic heterocycles. The Morgan fingerprint density at radius 2 is 2.08 bits per heavy atom. The van der Waals surface area contributed by atoms with Crippen molar-refractivity contribution in [3.63, 3.8) is 0 Å². The molecule has 1 rings (SSSR count). The largest absolute Gasteiger partial charge is 0.331 e. The molecule has 0 radical (unpaired) electrons. The molecule has 0 aliphatic carbocycles. The van der Waals surface area contributed by atoms with Crippen molar-refractivity contribution in [1.29, 1.82) is 0 Å². The lowest BCUT2D eigenvalue weighted by atomic mass is 10.2. The van der Waals surface area contributed by atoms with Crippen molar-refractivity contribution < 1.29 is 4.79 Å². The van der Waals surface area contributed by atoms with Crippen molar-refractivity contribution in [3.8, 4) is 0 Å². The van der Waals surface area contributed by atoms with Gasteiger partial charge in [0.05, 0.1) is 0 Å². The maximum absolute atomic E-state index is 11.5. The van der Waals surface area contributed by atoms with E-state index in [1.54, 1.807) is 23.9 Å².